The molecular weight excluding hydrogens is 442 g/mol. The van der Waals surface area contributed by atoms with Gasteiger partial charge < -0.3 is 14.2 Å². The average molecular weight is 468 g/mol. The topological polar surface area (TPSA) is 135 Å². The Kier molecular flexibility index (Phi) is 7.22. The number of amides is 1. The summed E-state index contributed by atoms with van der Waals surface area (Å²) in [5.74, 6) is -1.63. The summed E-state index contributed by atoms with van der Waals surface area (Å²) in [5.41, 5.74) is 1.13. The largest absolute Gasteiger partial charge is 0.510 e. The second-order valence-corrected chi connectivity index (χ2v) is 9.13. The van der Waals surface area contributed by atoms with Crippen LogP contribution in [0.2, 0.25) is 0 Å². The third-order valence-electron chi connectivity index (χ3n) is 5.10. The molecule has 1 aromatic rings. The van der Waals surface area contributed by atoms with Gasteiger partial charge >= 0.3 is 12.2 Å². The van der Waals surface area contributed by atoms with Crippen LogP contribution in [0.5, 0.6) is 0 Å². The molecular formula is C20H25N3O8S. The van der Waals surface area contributed by atoms with E-state index in [0.29, 0.717) is 37.4 Å². The number of hydrogen-bond donors (Lipinski definition) is 0. The predicted molar refractivity (Wildman–Crippen MR) is 111 cm³/mol. The van der Waals surface area contributed by atoms with Crippen molar-refractivity contribution in [1.29, 1.82) is 5.26 Å². The highest BCUT2D eigenvalue weighted by Gasteiger charge is 2.44. The molecule has 1 unspecified atom stereocenters. The Labute approximate surface area is 186 Å². The molecule has 12 heteroatoms. The molecule has 0 aliphatic carbocycles. The fourth-order valence-corrected chi connectivity index (χ4v) is 4.44. The summed E-state index contributed by atoms with van der Waals surface area (Å²) < 4.78 is 44.0. The Morgan fingerprint density at radius 3 is 2.50 bits per heavy atom. The van der Waals surface area contributed by atoms with Gasteiger partial charge in [-0.05, 0) is 31.2 Å². The Balaban J connectivity index is 1.58. The monoisotopic (exact) mass is 467 g/mol. The molecule has 2 heterocycles. The molecule has 174 valence electrons. The van der Waals surface area contributed by atoms with Crippen molar-refractivity contribution in [2.45, 2.75) is 31.7 Å². The number of ether oxygens (including phenoxy) is 3. The van der Waals surface area contributed by atoms with Crippen molar-refractivity contribution in [3.63, 3.8) is 0 Å². The van der Waals surface area contributed by atoms with Crippen LogP contribution in [0.3, 0.4) is 0 Å². The molecule has 0 aromatic heterocycles. The van der Waals surface area contributed by atoms with E-state index in [4.69, 9.17) is 23.7 Å². The molecule has 1 amide bonds. The molecule has 0 spiro atoms. The second-order valence-electron chi connectivity index (χ2n) is 7.56. The van der Waals surface area contributed by atoms with Crippen molar-refractivity contribution in [3.05, 3.63) is 29.8 Å². The molecule has 2 fully saturated rings. The van der Waals surface area contributed by atoms with Crippen molar-refractivity contribution in [2.75, 3.05) is 43.9 Å². The van der Waals surface area contributed by atoms with E-state index < -0.39 is 34.3 Å². The lowest BCUT2D eigenvalue weighted by atomic mass is 10.0. The van der Waals surface area contributed by atoms with Crippen LogP contribution in [-0.2, 0) is 28.5 Å². The van der Waals surface area contributed by atoms with Crippen molar-refractivity contribution in [2.24, 2.45) is 0 Å². The number of carbonyl (C=O) groups excluding carboxylic acids is 2. The smallest absolute Gasteiger partial charge is 0.443 e. The van der Waals surface area contributed by atoms with E-state index in [0.717, 1.165) is 6.26 Å². The maximum absolute atomic E-state index is 12.3. The van der Waals surface area contributed by atoms with Crippen molar-refractivity contribution >= 4 is 28.1 Å². The molecule has 1 aromatic carbocycles. The van der Waals surface area contributed by atoms with E-state index >= 15 is 0 Å². The zero-order valence-electron chi connectivity index (χ0n) is 17.9. The van der Waals surface area contributed by atoms with Gasteiger partial charge in [0.2, 0.25) is 5.79 Å². The Morgan fingerprint density at radius 1 is 1.28 bits per heavy atom. The highest BCUT2D eigenvalue weighted by atomic mass is 32.2. The fourth-order valence-electron chi connectivity index (χ4n) is 3.69. The first-order valence-corrected chi connectivity index (χ1v) is 11.9. The Bertz CT molecular complexity index is 981. The van der Waals surface area contributed by atoms with Gasteiger partial charge in [-0.3, -0.25) is 9.80 Å². The number of cyclic esters (lactones) is 1. The normalized spacial score (nSPS) is 21.0. The summed E-state index contributed by atoms with van der Waals surface area (Å²) in [4.78, 5) is 27.6. The molecule has 32 heavy (non-hydrogen) atoms. The van der Waals surface area contributed by atoms with E-state index in [1.165, 1.54) is 4.90 Å². The molecule has 3 rings (SSSR count). The Hall–Kier alpha value is -2.88. The van der Waals surface area contributed by atoms with E-state index in [1.807, 2.05) is 11.0 Å². The number of likely N-dealkylation sites (tertiary alicyclic amines) is 1. The van der Waals surface area contributed by atoms with Crippen molar-refractivity contribution < 1.29 is 36.4 Å². The fraction of sp³-hybridized carbons (Fsp3) is 0.550. The van der Waals surface area contributed by atoms with Crippen molar-refractivity contribution in [3.8, 4) is 6.07 Å². The maximum atomic E-state index is 12.3. The first-order valence-electron chi connectivity index (χ1n) is 10.1. The van der Waals surface area contributed by atoms with Gasteiger partial charge in [0.05, 0.1) is 31.0 Å². The molecule has 1 atom stereocenters. The standard InChI is InChI=1S/C20H25N3O8S/c1-3-28-19(25)30-20(31-32(2,26)27)8-10-22(11-9-20)13-17-14-23(18(24)29-17)16-6-4-15(12-21)5-7-16/h4-7,17H,3,8-11,13-14H2,1-2H3. The number of carbonyl (C=O) groups is 2. The number of nitriles is 1. The van der Waals surface area contributed by atoms with Crippen LogP contribution >= 0.6 is 0 Å². The lowest BCUT2D eigenvalue weighted by Gasteiger charge is -2.39. The van der Waals surface area contributed by atoms with Gasteiger partial charge in [0, 0.05) is 38.2 Å². The zero-order chi connectivity index (χ0) is 23.4. The summed E-state index contributed by atoms with van der Waals surface area (Å²) in [6.45, 7) is 3.18. The first-order chi connectivity index (χ1) is 15.1. The minimum absolute atomic E-state index is 0.0860. The summed E-state index contributed by atoms with van der Waals surface area (Å²) in [6.07, 6.45) is -0.750. The predicted octanol–water partition coefficient (Wildman–Crippen LogP) is 1.82. The Morgan fingerprint density at radius 2 is 1.94 bits per heavy atom. The van der Waals surface area contributed by atoms with E-state index in [2.05, 4.69) is 0 Å². The number of hydrogen-bond acceptors (Lipinski definition) is 10. The molecule has 2 aliphatic rings. The third kappa shape index (κ3) is 6.09. The van der Waals surface area contributed by atoms with Gasteiger partial charge in [0.25, 0.3) is 10.1 Å². The van der Waals surface area contributed by atoms with Gasteiger partial charge in [-0.2, -0.15) is 13.7 Å². The zero-order valence-corrected chi connectivity index (χ0v) is 18.7. The molecule has 2 aliphatic heterocycles. The summed E-state index contributed by atoms with van der Waals surface area (Å²) in [5, 5.41) is 8.91. The highest BCUT2D eigenvalue weighted by Crippen LogP contribution is 2.31. The number of anilines is 1. The molecule has 11 nitrogen and oxygen atoms in total. The maximum Gasteiger partial charge on any atom is 0.510 e. The minimum Gasteiger partial charge on any atom is -0.443 e. The van der Waals surface area contributed by atoms with E-state index in [1.54, 1.807) is 31.2 Å². The number of benzene rings is 1. The number of rotatable bonds is 7. The molecule has 0 N–H and O–H groups in total. The molecule has 2 saturated heterocycles. The van der Waals surface area contributed by atoms with Gasteiger partial charge in [-0.15, -0.1) is 0 Å². The lowest BCUT2D eigenvalue weighted by molar-refractivity contribution is -0.180. The van der Waals surface area contributed by atoms with Crippen LogP contribution in [0.4, 0.5) is 15.3 Å². The van der Waals surface area contributed by atoms with Crippen LogP contribution < -0.4 is 4.90 Å². The minimum atomic E-state index is -3.88. The van der Waals surface area contributed by atoms with Crippen LogP contribution in [0.25, 0.3) is 0 Å². The first kappa shape index (κ1) is 23.8. The SMILES string of the molecule is CCOC(=O)OC1(OS(C)(=O)=O)CCN(CC2CN(c3ccc(C#N)cc3)C(=O)O2)CC1. The highest BCUT2D eigenvalue weighted by molar-refractivity contribution is 7.86. The quantitative estimate of drug-likeness (QED) is 0.332. The molecule has 0 radical (unpaired) electrons. The summed E-state index contributed by atoms with van der Waals surface area (Å²) in [7, 11) is -3.88. The summed E-state index contributed by atoms with van der Waals surface area (Å²) >= 11 is 0. The lowest BCUT2D eigenvalue weighted by Crippen LogP contribution is -2.51. The van der Waals surface area contributed by atoms with E-state index in [9.17, 15) is 18.0 Å². The van der Waals surface area contributed by atoms with E-state index in [-0.39, 0.29) is 19.4 Å². The van der Waals surface area contributed by atoms with Gasteiger partial charge in [0.15, 0.2) is 0 Å². The van der Waals surface area contributed by atoms with Crippen LogP contribution in [-0.4, -0.2) is 76.5 Å². The third-order valence-corrected chi connectivity index (χ3v) is 5.70. The van der Waals surface area contributed by atoms with Gasteiger partial charge in [-0.25, -0.2) is 13.8 Å². The van der Waals surface area contributed by atoms with Crippen LogP contribution in [0.15, 0.2) is 24.3 Å². The van der Waals surface area contributed by atoms with Crippen molar-refractivity contribution in [1.82, 2.24) is 4.90 Å². The number of nitrogens with zero attached hydrogens (tertiary/aromatic N) is 3. The van der Waals surface area contributed by atoms with Crippen LogP contribution in [0, 0.1) is 11.3 Å². The van der Waals surface area contributed by atoms with Gasteiger partial charge in [0.1, 0.15) is 6.10 Å². The van der Waals surface area contributed by atoms with Gasteiger partial charge in [-0.1, -0.05) is 0 Å². The number of piperidine rings is 1. The second kappa shape index (κ2) is 9.72. The molecule has 0 saturated carbocycles. The van der Waals surface area contributed by atoms with Crippen LogP contribution in [0.1, 0.15) is 25.3 Å². The summed E-state index contributed by atoms with van der Waals surface area (Å²) in [6, 6.07) is 8.67. The average Bonchev–Trinajstić information content (AvgIpc) is 3.09. The molecule has 0 bridgehead atoms.